The molecule has 0 bridgehead atoms. The highest BCUT2D eigenvalue weighted by atomic mass is 19.4. The second-order valence-corrected chi connectivity index (χ2v) is 4.74. The van der Waals surface area contributed by atoms with Crippen molar-refractivity contribution in [3.63, 3.8) is 0 Å². The van der Waals surface area contributed by atoms with Gasteiger partial charge >= 0.3 is 12.3 Å². The molecule has 1 N–H and O–H groups in total. The number of nitrogens with one attached hydrogen (secondary N) is 1. The van der Waals surface area contributed by atoms with E-state index < -0.39 is 30.6 Å². The minimum Gasteiger partial charge on any atom is -0.451 e. The molecule has 2 rings (SSSR count). The van der Waals surface area contributed by atoms with Crippen LogP contribution in [0.2, 0.25) is 0 Å². The minimum atomic E-state index is -4.79. The molecule has 0 aliphatic carbocycles. The first-order valence-electron chi connectivity index (χ1n) is 6.84. The molecule has 0 aliphatic heterocycles. The highest BCUT2D eigenvalue weighted by Crippen LogP contribution is 2.23. The van der Waals surface area contributed by atoms with Gasteiger partial charge in [0.25, 0.3) is 5.91 Å². The van der Waals surface area contributed by atoms with E-state index in [-0.39, 0.29) is 11.4 Å². The van der Waals surface area contributed by atoms with Crippen molar-refractivity contribution in [3.05, 3.63) is 48.0 Å². The van der Waals surface area contributed by atoms with E-state index in [0.29, 0.717) is 5.69 Å². The number of hydrogen-bond acceptors (Lipinski definition) is 6. The van der Waals surface area contributed by atoms with Crippen LogP contribution in [0, 0.1) is 6.92 Å². The zero-order chi connectivity index (χ0) is 18.4. The van der Waals surface area contributed by atoms with Gasteiger partial charge in [-0.05, 0) is 31.2 Å². The van der Waals surface area contributed by atoms with Gasteiger partial charge in [0.2, 0.25) is 0 Å². The van der Waals surface area contributed by atoms with Crippen molar-refractivity contribution < 1.29 is 32.2 Å². The highest BCUT2D eigenvalue weighted by Gasteiger charge is 2.30. The summed E-state index contributed by atoms with van der Waals surface area (Å²) < 4.78 is 44.6. The third-order valence-corrected chi connectivity index (χ3v) is 2.70. The van der Waals surface area contributed by atoms with E-state index in [1.807, 2.05) is 0 Å². The fourth-order valence-corrected chi connectivity index (χ4v) is 1.64. The van der Waals surface area contributed by atoms with Crippen LogP contribution in [0.3, 0.4) is 0 Å². The van der Waals surface area contributed by atoms with Gasteiger partial charge < -0.3 is 14.8 Å². The van der Waals surface area contributed by atoms with E-state index in [0.717, 1.165) is 12.1 Å². The smallest absolute Gasteiger partial charge is 0.451 e. The third kappa shape index (κ3) is 6.09. The highest BCUT2D eigenvalue weighted by molar-refractivity contribution is 5.94. The Bertz CT molecular complexity index is 746. The van der Waals surface area contributed by atoms with Crippen LogP contribution >= 0.6 is 0 Å². The lowest BCUT2D eigenvalue weighted by Crippen LogP contribution is -2.21. The lowest BCUT2D eigenvalue weighted by atomic mass is 10.3. The van der Waals surface area contributed by atoms with E-state index in [9.17, 15) is 22.8 Å². The number of alkyl halides is 3. The molecule has 7 nitrogen and oxygen atoms in total. The fourth-order valence-electron chi connectivity index (χ4n) is 1.64. The molecule has 0 saturated heterocycles. The molecule has 0 saturated carbocycles. The number of halogens is 3. The van der Waals surface area contributed by atoms with E-state index in [4.69, 9.17) is 4.74 Å². The molecule has 132 valence electrons. The molecule has 2 aromatic rings. The van der Waals surface area contributed by atoms with Crippen molar-refractivity contribution in [1.82, 2.24) is 9.97 Å². The van der Waals surface area contributed by atoms with Crippen molar-refractivity contribution in [2.24, 2.45) is 0 Å². The Morgan fingerprint density at radius 2 is 1.80 bits per heavy atom. The van der Waals surface area contributed by atoms with Crippen LogP contribution < -0.4 is 10.1 Å². The lowest BCUT2D eigenvalue weighted by molar-refractivity contribution is -0.274. The third-order valence-electron chi connectivity index (χ3n) is 2.70. The second kappa shape index (κ2) is 7.60. The number of esters is 1. The van der Waals surface area contributed by atoms with Crippen LogP contribution in [0.5, 0.6) is 5.75 Å². The first kappa shape index (κ1) is 18.2. The zero-order valence-electron chi connectivity index (χ0n) is 12.8. The van der Waals surface area contributed by atoms with Crippen molar-refractivity contribution in [2.45, 2.75) is 13.3 Å². The van der Waals surface area contributed by atoms with E-state index in [1.165, 1.54) is 24.5 Å². The summed E-state index contributed by atoms with van der Waals surface area (Å²) in [7, 11) is 0. The predicted octanol–water partition coefficient (Wildman–Crippen LogP) is 2.48. The molecular weight excluding hydrogens is 343 g/mol. The Kier molecular flexibility index (Phi) is 5.52. The van der Waals surface area contributed by atoms with Crippen molar-refractivity contribution in [2.75, 3.05) is 11.9 Å². The molecule has 0 aliphatic rings. The van der Waals surface area contributed by atoms with Crippen molar-refractivity contribution in [3.8, 4) is 5.75 Å². The number of aromatic nitrogens is 2. The molecule has 0 radical (unpaired) electrons. The summed E-state index contributed by atoms with van der Waals surface area (Å²) in [6.07, 6.45) is -2.20. The quantitative estimate of drug-likeness (QED) is 0.829. The summed E-state index contributed by atoms with van der Waals surface area (Å²) in [5.41, 5.74) is 0.782. The molecule has 25 heavy (non-hydrogen) atoms. The van der Waals surface area contributed by atoms with Gasteiger partial charge in [-0.25, -0.2) is 9.78 Å². The number of hydrogen-bond donors (Lipinski definition) is 1. The number of amides is 1. The summed E-state index contributed by atoms with van der Waals surface area (Å²) in [5.74, 6) is -1.91. The summed E-state index contributed by atoms with van der Waals surface area (Å²) in [5, 5.41) is 2.36. The molecule has 1 aromatic carbocycles. The molecule has 0 unspecified atom stereocenters. The number of anilines is 1. The van der Waals surface area contributed by atoms with Crippen LogP contribution in [0.25, 0.3) is 0 Å². The van der Waals surface area contributed by atoms with Gasteiger partial charge in [-0.1, -0.05) is 0 Å². The molecule has 0 atom stereocenters. The molecule has 1 amide bonds. The van der Waals surface area contributed by atoms with Crippen molar-refractivity contribution in [1.29, 1.82) is 0 Å². The molecule has 0 spiro atoms. The van der Waals surface area contributed by atoms with Crippen LogP contribution in [0.1, 0.15) is 16.2 Å². The minimum absolute atomic E-state index is 0.0490. The molecule has 1 heterocycles. The van der Waals surface area contributed by atoms with Gasteiger partial charge in [0.05, 0.1) is 11.9 Å². The Balaban J connectivity index is 1.83. The molecule has 1 aromatic heterocycles. The van der Waals surface area contributed by atoms with Gasteiger partial charge in [0, 0.05) is 11.9 Å². The number of ether oxygens (including phenoxy) is 2. The average molecular weight is 355 g/mol. The van der Waals surface area contributed by atoms with Crippen molar-refractivity contribution >= 4 is 17.6 Å². The lowest BCUT2D eigenvalue weighted by Gasteiger charge is -2.10. The van der Waals surface area contributed by atoms with Gasteiger partial charge in [-0.2, -0.15) is 0 Å². The standard InChI is InChI=1S/C15H12F3N3O4/c1-9-6-20-12(7-19-9)14(23)24-8-13(22)21-10-2-4-11(5-3-10)25-15(16,17)18/h2-7H,8H2,1H3,(H,21,22). The number of rotatable bonds is 5. The van der Waals surface area contributed by atoms with Crippen LogP contribution in [0.4, 0.5) is 18.9 Å². The normalized spacial score (nSPS) is 10.9. The maximum atomic E-state index is 12.0. The fraction of sp³-hybridized carbons (Fsp3) is 0.200. The Hall–Kier alpha value is -3.17. The van der Waals surface area contributed by atoms with E-state index in [1.54, 1.807) is 6.92 Å². The Morgan fingerprint density at radius 1 is 1.12 bits per heavy atom. The summed E-state index contributed by atoms with van der Waals surface area (Å²) >= 11 is 0. The van der Waals surface area contributed by atoms with Crippen LogP contribution in [-0.2, 0) is 9.53 Å². The summed E-state index contributed by atoms with van der Waals surface area (Å²) in [4.78, 5) is 31.0. The zero-order valence-corrected chi connectivity index (χ0v) is 12.8. The first-order chi connectivity index (χ1) is 11.7. The Labute approximate surface area is 139 Å². The second-order valence-electron chi connectivity index (χ2n) is 4.74. The summed E-state index contributed by atoms with van der Waals surface area (Å²) in [6, 6.07) is 4.51. The summed E-state index contributed by atoms with van der Waals surface area (Å²) in [6.45, 7) is 1.11. The van der Waals surface area contributed by atoms with E-state index in [2.05, 4.69) is 20.0 Å². The maximum Gasteiger partial charge on any atom is 0.573 e. The largest absolute Gasteiger partial charge is 0.573 e. The van der Waals surface area contributed by atoms with Crippen LogP contribution in [0.15, 0.2) is 36.7 Å². The number of benzene rings is 1. The monoisotopic (exact) mass is 355 g/mol. The molecular formula is C15H12F3N3O4. The topological polar surface area (TPSA) is 90.4 Å². The first-order valence-corrected chi connectivity index (χ1v) is 6.84. The number of carbonyl (C=O) groups excluding carboxylic acids is 2. The number of carbonyl (C=O) groups is 2. The van der Waals surface area contributed by atoms with Gasteiger partial charge in [-0.15, -0.1) is 13.2 Å². The number of nitrogens with zero attached hydrogens (tertiary/aromatic N) is 2. The Morgan fingerprint density at radius 3 is 2.36 bits per heavy atom. The van der Waals surface area contributed by atoms with Gasteiger partial charge in [-0.3, -0.25) is 9.78 Å². The average Bonchev–Trinajstić information content (AvgIpc) is 2.54. The van der Waals surface area contributed by atoms with Gasteiger partial charge in [0.15, 0.2) is 12.3 Å². The molecule has 0 fully saturated rings. The maximum absolute atomic E-state index is 12.0. The van der Waals surface area contributed by atoms with E-state index >= 15 is 0 Å². The SMILES string of the molecule is Cc1cnc(C(=O)OCC(=O)Nc2ccc(OC(F)(F)F)cc2)cn1. The molecule has 10 heteroatoms. The predicted molar refractivity (Wildman–Crippen MR) is 78.8 cm³/mol. The van der Waals surface area contributed by atoms with Crippen LogP contribution in [-0.4, -0.2) is 34.8 Å². The number of aryl methyl sites for hydroxylation is 1. The van der Waals surface area contributed by atoms with Gasteiger partial charge in [0.1, 0.15) is 5.75 Å².